The van der Waals surface area contributed by atoms with Gasteiger partial charge in [0.1, 0.15) is 30.3 Å². The molecule has 0 aromatic heterocycles. The second kappa shape index (κ2) is 8.69. The first kappa shape index (κ1) is 19.0. The molecule has 0 saturated carbocycles. The third-order valence-corrected chi connectivity index (χ3v) is 3.98. The molecule has 0 spiro atoms. The van der Waals surface area contributed by atoms with E-state index in [-0.39, 0.29) is 24.5 Å². The molecule has 3 N–H and O–H groups in total. The number of hydrogen-bond acceptors (Lipinski definition) is 5. The third-order valence-electron chi connectivity index (χ3n) is 3.98. The van der Waals surface area contributed by atoms with Crippen LogP contribution in [0.5, 0.6) is 11.5 Å². The highest BCUT2D eigenvalue weighted by Gasteiger charge is 2.17. The predicted octanol–water partition coefficient (Wildman–Crippen LogP) is 2.84. The lowest BCUT2D eigenvalue weighted by Crippen LogP contribution is -2.17. The SMILES string of the molecule is CCC(O)COc1ccc2ccc(OCC(O)CC)c(C(=O)O)c2c1. The van der Waals surface area contributed by atoms with E-state index in [4.69, 9.17) is 9.47 Å². The van der Waals surface area contributed by atoms with E-state index < -0.39 is 18.2 Å². The van der Waals surface area contributed by atoms with E-state index in [9.17, 15) is 20.1 Å². The smallest absolute Gasteiger partial charge is 0.340 e. The fourth-order valence-corrected chi connectivity index (χ4v) is 2.32. The summed E-state index contributed by atoms with van der Waals surface area (Å²) in [4.78, 5) is 11.8. The highest BCUT2D eigenvalue weighted by atomic mass is 16.5. The number of aliphatic hydroxyl groups excluding tert-OH is 2. The molecule has 0 fully saturated rings. The Hall–Kier alpha value is -2.31. The van der Waals surface area contributed by atoms with Gasteiger partial charge in [-0.25, -0.2) is 4.79 Å². The number of fused-ring (bicyclic) bond motifs is 1. The molecule has 2 unspecified atom stereocenters. The third kappa shape index (κ3) is 4.84. The fraction of sp³-hybridized carbons (Fsp3) is 0.421. The molecule has 25 heavy (non-hydrogen) atoms. The van der Waals surface area contributed by atoms with E-state index in [2.05, 4.69) is 0 Å². The monoisotopic (exact) mass is 348 g/mol. The Morgan fingerprint density at radius 2 is 1.60 bits per heavy atom. The second-order valence-electron chi connectivity index (χ2n) is 5.87. The molecule has 6 nitrogen and oxygen atoms in total. The molecule has 0 radical (unpaired) electrons. The Bertz CT molecular complexity index is 722. The van der Waals surface area contributed by atoms with Crippen molar-refractivity contribution in [1.82, 2.24) is 0 Å². The summed E-state index contributed by atoms with van der Waals surface area (Å²) in [6.07, 6.45) is -0.123. The predicted molar refractivity (Wildman–Crippen MR) is 94.5 cm³/mol. The Kier molecular flexibility index (Phi) is 6.61. The average molecular weight is 348 g/mol. The van der Waals surface area contributed by atoms with Gasteiger partial charge in [0.15, 0.2) is 0 Å². The molecular weight excluding hydrogens is 324 g/mol. The molecule has 0 bridgehead atoms. The van der Waals surface area contributed by atoms with Crippen LogP contribution in [0, 0.1) is 0 Å². The molecule has 6 heteroatoms. The van der Waals surface area contributed by atoms with Crippen LogP contribution in [0.1, 0.15) is 37.0 Å². The van der Waals surface area contributed by atoms with Crippen LogP contribution in [0.15, 0.2) is 30.3 Å². The van der Waals surface area contributed by atoms with Crippen molar-refractivity contribution in [2.45, 2.75) is 38.9 Å². The van der Waals surface area contributed by atoms with Crippen LogP contribution in [0.25, 0.3) is 10.8 Å². The van der Waals surface area contributed by atoms with Gasteiger partial charge in [-0.2, -0.15) is 0 Å². The number of aromatic carboxylic acids is 1. The standard InChI is InChI=1S/C19H24O6/c1-3-13(20)10-24-15-7-5-12-6-8-17(25-11-14(21)4-2)18(19(22)23)16(12)9-15/h5-9,13-14,20-21H,3-4,10-11H2,1-2H3,(H,22,23). The highest BCUT2D eigenvalue weighted by Crippen LogP contribution is 2.31. The van der Waals surface area contributed by atoms with Crippen molar-refractivity contribution < 1.29 is 29.6 Å². The van der Waals surface area contributed by atoms with Gasteiger partial charge >= 0.3 is 5.97 Å². The number of carboxylic acid groups (broad SMARTS) is 1. The second-order valence-corrected chi connectivity index (χ2v) is 5.87. The lowest BCUT2D eigenvalue weighted by molar-refractivity contribution is 0.0684. The van der Waals surface area contributed by atoms with Crippen molar-refractivity contribution in [3.63, 3.8) is 0 Å². The van der Waals surface area contributed by atoms with Crippen molar-refractivity contribution in [3.05, 3.63) is 35.9 Å². The van der Waals surface area contributed by atoms with E-state index in [1.165, 1.54) is 0 Å². The van der Waals surface area contributed by atoms with Crippen molar-refractivity contribution >= 4 is 16.7 Å². The quantitative estimate of drug-likeness (QED) is 0.645. The lowest BCUT2D eigenvalue weighted by atomic mass is 10.0. The van der Waals surface area contributed by atoms with Crippen molar-refractivity contribution in [1.29, 1.82) is 0 Å². The van der Waals surface area contributed by atoms with Gasteiger partial charge in [0.05, 0.1) is 12.2 Å². The minimum Gasteiger partial charge on any atom is -0.491 e. The van der Waals surface area contributed by atoms with Gasteiger partial charge in [-0.3, -0.25) is 0 Å². The molecule has 136 valence electrons. The fourth-order valence-electron chi connectivity index (χ4n) is 2.32. The molecule has 0 heterocycles. The molecule has 0 aliphatic rings. The molecule has 2 aromatic carbocycles. The number of carboxylic acids is 1. The summed E-state index contributed by atoms with van der Waals surface area (Å²) in [5.74, 6) is -0.427. The van der Waals surface area contributed by atoms with Crippen molar-refractivity contribution in [3.8, 4) is 11.5 Å². The molecule has 2 rings (SSSR count). The molecule has 2 atom stereocenters. The Labute approximate surface area is 146 Å². The van der Waals surface area contributed by atoms with Crippen LogP contribution in [0.3, 0.4) is 0 Å². The largest absolute Gasteiger partial charge is 0.491 e. The zero-order chi connectivity index (χ0) is 18.4. The van der Waals surface area contributed by atoms with Crippen LogP contribution >= 0.6 is 0 Å². The first-order chi connectivity index (χ1) is 12.0. The summed E-state index contributed by atoms with van der Waals surface area (Å²) in [5.41, 5.74) is 0.0299. The van der Waals surface area contributed by atoms with Gasteiger partial charge in [-0.15, -0.1) is 0 Å². The Morgan fingerprint density at radius 1 is 1.00 bits per heavy atom. The number of hydrogen-bond donors (Lipinski definition) is 3. The molecule has 0 aliphatic heterocycles. The van der Waals surface area contributed by atoms with Crippen LogP contribution in [0.2, 0.25) is 0 Å². The van der Waals surface area contributed by atoms with Crippen molar-refractivity contribution in [2.75, 3.05) is 13.2 Å². The van der Waals surface area contributed by atoms with Crippen molar-refractivity contribution in [2.24, 2.45) is 0 Å². The first-order valence-corrected chi connectivity index (χ1v) is 8.38. The van der Waals surface area contributed by atoms with Gasteiger partial charge < -0.3 is 24.8 Å². The number of carbonyl (C=O) groups is 1. The number of rotatable bonds is 9. The minimum absolute atomic E-state index is 0.0289. The van der Waals surface area contributed by atoms with Crippen LogP contribution in [0.4, 0.5) is 0 Å². The zero-order valence-electron chi connectivity index (χ0n) is 14.4. The van der Waals surface area contributed by atoms with E-state index >= 15 is 0 Å². The van der Waals surface area contributed by atoms with Crippen LogP contribution in [-0.4, -0.2) is 46.7 Å². The summed E-state index contributed by atoms with van der Waals surface area (Å²) in [6, 6.07) is 8.48. The van der Waals surface area contributed by atoms with Gasteiger partial charge in [-0.05, 0) is 36.4 Å². The van der Waals surface area contributed by atoms with Crippen LogP contribution in [-0.2, 0) is 0 Å². The maximum Gasteiger partial charge on any atom is 0.340 e. The highest BCUT2D eigenvalue weighted by molar-refractivity contribution is 6.06. The Balaban J connectivity index is 2.36. The topological polar surface area (TPSA) is 96.2 Å². The van der Waals surface area contributed by atoms with E-state index in [1.807, 2.05) is 13.8 Å². The summed E-state index contributed by atoms with van der Waals surface area (Å²) < 4.78 is 11.0. The van der Waals surface area contributed by atoms with Crippen LogP contribution < -0.4 is 9.47 Å². The number of aliphatic hydroxyl groups is 2. The van der Waals surface area contributed by atoms with Gasteiger partial charge in [0.25, 0.3) is 0 Å². The number of benzene rings is 2. The minimum atomic E-state index is -1.11. The molecule has 0 amide bonds. The number of ether oxygens (including phenoxy) is 2. The normalized spacial score (nSPS) is 13.4. The van der Waals surface area contributed by atoms with E-state index in [1.54, 1.807) is 30.3 Å². The van der Waals surface area contributed by atoms with Gasteiger partial charge in [0.2, 0.25) is 0 Å². The lowest BCUT2D eigenvalue weighted by Gasteiger charge is -2.15. The summed E-state index contributed by atoms with van der Waals surface area (Å²) in [7, 11) is 0. The molecule has 0 aliphatic carbocycles. The summed E-state index contributed by atoms with van der Waals surface area (Å²) in [6.45, 7) is 3.84. The average Bonchev–Trinajstić information content (AvgIpc) is 2.62. The van der Waals surface area contributed by atoms with E-state index in [0.29, 0.717) is 24.0 Å². The maximum absolute atomic E-state index is 11.8. The summed E-state index contributed by atoms with van der Waals surface area (Å²) in [5, 5.41) is 30.1. The van der Waals surface area contributed by atoms with E-state index in [0.717, 1.165) is 5.39 Å². The van der Waals surface area contributed by atoms with Gasteiger partial charge in [-0.1, -0.05) is 26.0 Å². The molecular formula is C19H24O6. The first-order valence-electron chi connectivity index (χ1n) is 8.38. The maximum atomic E-state index is 11.8. The molecule has 2 aromatic rings. The zero-order valence-corrected chi connectivity index (χ0v) is 14.4. The molecule has 0 saturated heterocycles. The van der Waals surface area contributed by atoms with Gasteiger partial charge in [0, 0.05) is 5.39 Å². The summed E-state index contributed by atoms with van der Waals surface area (Å²) >= 11 is 0. The Morgan fingerprint density at radius 3 is 2.20 bits per heavy atom.